The molecule has 0 amide bonds. The van der Waals surface area contributed by atoms with Crippen LogP contribution in [-0.2, 0) is 0 Å². The lowest BCUT2D eigenvalue weighted by Crippen LogP contribution is -2.41. The highest BCUT2D eigenvalue weighted by Crippen LogP contribution is 2.23. The average Bonchev–Trinajstić information content (AvgIpc) is 2.16. The molecule has 0 bridgehead atoms. The lowest BCUT2D eigenvalue weighted by molar-refractivity contribution is 1.35. The summed E-state index contributed by atoms with van der Waals surface area (Å²) in [5.41, 5.74) is 0. The molecular formula is C9H19P3Si. The van der Waals surface area contributed by atoms with E-state index in [2.05, 4.69) is 47.5 Å². The Balaban J connectivity index is 4.61. The van der Waals surface area contributed by atoms with E-state index in [9.17, 15) is 0 Å². The van der Waals surface area contributed by atoms with Crippen LogP contribution in [0, 0.1) is 0 Å². The Hall–Kier alpha value is 0.727. The third-order valence-corrected chi connectivity index (χ3v) is 10.4. The molecule has 13 heavy (non-hydrogen) atoms. The van der Waals surface area contributed by atoms with Crippen LogP contribution in [0.2, 0.25) is 0 Å². The molecule has 0 heterocycles. The second kappa shape index (κ2) is 7.08. The van der Waals surface area contributed by atoms with E-state index in [1.165, 1.54) is 0 Å². The van der Waals surface area contributed by atoms with Crippen molar-refractivity contribution in [3.05, 3.63) is 38.0 Å². The molecular weight excluding hydrogens is 229 g/mol. The van der Waals surface area contributed by atoms with E-state index in [-0.39, 0.29) is 0 Å². The zero-order valence-corrected chi connectivity index (χ0v) is 12.5. The Bertz CT molecular complexity index is 160. The van der Waals surface area contributed by atoms with Gasteiger partial charge in [-0.05, 0) is 15.8 Å². The molecule has 0 spiro atoms. The summed E-state index contributed by atoms with van der Waals surface area (Å²) < 4.78 is 0. The lowest BCUT2D eigenvalue weighted by atomic mass is 10.7. The average molecular weight is 248 g/mol. The number of rotatable bonds is 6. The Kier molecular flexibility index (Phi) is 7.47. The minimum absolute atomic E-state index is 0.529. The normalized spacial score (nSPS) is 19.6. The fraction of sp³-hybridized carbons (Fsp3) is 0.333. The molecule has 0 aliphatic heterocycles. The van der Waals surface area contributed by atoms with Crippen molar-refractivity contribution in [1.82, 2.24) is 0 Å². The first kappa shape index (κ1) is 13.7. The van der Waals surface area contributed by atoms with Crippen LogP contribution in [-0.4, -0.2) is 24.6 Å². The van der Waals surface area contributed by atoms with E-state index in [4.69, 9.17) is 0 Å². The number of allylic oxidation sites excluding steroid dienone is 3. The summed E-state index contributed by atoms with van der Waals surface area (Å²) in [6.45, 7) is 11.5. The minimum atomic E-state index is -0.981. The Labute approximate surface area is 90.6 Å². The molecule has 6 unspecified atom stereocenters. The van der Waals surface area contributed by atoms with E-state index in [1.54, 1.807) is 0 Å². The van der Waals surface area contributed by atoms with E-state index in [1.807, 2.05) is 18.2 Å². The van der Waals surface area contributed by atoms with E-state index in [0.717, 1.165) is 0 Å². The zero-order chi connectivity index (χ0) is 10.4. The Morgan fingerprint density at radius 3 is 1.15 bits per heavy atom. The highest BCUT2D eigenvalue weighted by molar-refractivity contribution is 7.34. The van der Waals surface area contributed by atoms with E-state index in [0.29, 0.717) is 15.8 Å². The van der Waals surface area contributed by atoms with Crippen LogP contribution in [0.15, 0.2) is 38.0 Å². The molecule has 0 nitrogen and oxygen atoms in total. The predicted molar refractivity (Wildman–Crippen MR) is 78.2 cm³/mol. The Morgan fingerprint density at radius 1 is 0.769 bits per heavy atom. The quantitative estimate of drug-likeness (QED) is 0.384. The van der Waals surface area contributed by atoms with Crippen LogP contribution in [0.25, 0.3) is 0 Å². The SMILES string of the molecule is C=CC(P)[SiH](C(P)C=C)C(P)C=C. The fourth-order valence-electron chi connectivity index (χ4n) is 1.24. The fourth-order valence-corrected chi connectivity index (χ4v) is 10.7. The van der Waals surface area contributed by atoms with Crippen LogP contribution in [0.1, 0.15) is 0 Å². The van der Waals surface area contributed by atoms with Gasteiger partial charge in [0, 0.05) is 0 Å². The van der Waals surface area contributed by atoms with Crippen molar-refractivity contribution in [3.8, 4) is 0 Å². The first-order valence-corrected chi connectivity index (χ1v) is 8.22. The van der Waals surface area contributed by atoms with Crippen LogP contribution >= 0.6 is 27.7 Å². The summed E-state index contributed by atoms with van der Waals surface area (Å²) in [4.78, 5) is 0. The van der Waals surface area contributed by atoms with E-state index < -0.39 is 8.80 Å². The van der Waals surface area contributed by atoms with Crippen LogP contribution in [0.5, 0.6) is 0 Å². The maximum atomic E-state index is 3.84. The second-order valence-corrected chi connectivity index (χ2v) is 11.1. The summed E-state index contributed by atoms with van der Waals surface area (Å²) in [6, 6.07) is 0. The van der Waals surface area contributed by atoms with Gasteiger partial charge in [0.15, 0.2) is 0 Å². The molecule has 0 rings (SSSR count). The third-order valence-electron chi connectivity index (χ3n) is 2.15. The van der Waals surface area contributed by atoms with Crippen molar-refractivity contribution in [3.63, 3.8) is 0 Å². The zero-order valence-electron chi connectivity index (χ0n) is 7.89. The summed E-state index contributed by atoms with van der Waals surface area (Å²) >= 11 is 0. The lowest BCUT2D eigenvalue weighted by Gasteiger charge is -2.27. The largest absolute Gasteiger partial charge is 0.134 e. The van der Waals surface area contributed by atoms with E-state index >= 15 is 0 Å². The van der Waals surface area contributed by atoms with Crippen molar-refractivity contribution < 1.29 is 0 Å². The molecule has 0 aliphatic carbocycles. The second-order valence-electron chi connectivity index (χ2n) is 3.02. The minimum Gasteiger partial charge on any atom is -0.134 e. The predicted octanol–water partition coefficient (Wildman–Crippen LogP) is 2.12. The molecule has 0 aromatic rings. The van der Waals surface area contributed by atoms with Gasteiger partial charge in [-0.15, -0.1) is 47.5 Å². The number of hydrogen-bond donors (Lipinski definition) is 0. The maximum Gasteiger partial charge on any atom is 0.0718 e. The van der Waals surface area contributed by atoms with Gasteiger partial charge in [-0.3, -0.25) is 0 Å². The summed E-state index contributed by atoms with van der Waals surface area (Å²) in [5.74, 6) is 0. The molecule has 0 aromatic carbocycles. The summed E-state index contributed by atoms with van der Waals surface area (Å²) in [7, 11) is 7.62. The number of hydrogen-bond acceptors (Lipinski definition) is 0. The van der Waals surface area contributed by atoms with Gasteiger partial charge >= 0.3 is 0 Å². The van der Waals surface area contributed by atoms with Crippen LogP contribution in [0.3, 0.4) is 0 Å². The van der Waals surface area contributed by atoms with Crippen LogP contribution in [0.4, 0.5) is 0 Å². The van der Waals surface area contributed by atoms with Gasteiger partial charge in [-0.2, -0.15) is 0 Å². The standard InChI is InChI=1S/C9H19P3Si/c1-4-7(10)13(8(11)5-2)9(12)6-3/h4-9,13H,1-3,10-12H2. The first-order valence-electron chi connectivity index (χ1n) is 4.22. The van der Waals surface area contributed by atoms with Gasteiger partial charge in [-0.1, -0.05) is 18.2 Å². The first-order chi connectivity index (χ1) is 6.08. The monoisotopic (exact) mass is 248 g/mol. The van der Waals surface area contributed by atoms with Gasteiger partial charge < -0.3 is 0 Å². The van der Waals surface area contributed by atoms with Crippen molar-refractivity contribution >= 4 is 36.5 Å². The highest BCUT2D eigenvalue weighted by Gasteiger charge is 2.26. The molecule has 0 saturated heterocycles. The van der Waals surface area contributed by atoms with Crippen LogP contribution < -0.4 is 0 Å². The molecule has 0 saturated carbocycles. The van der Waals surface area contributed by atoms with Gasteiger partial charge in [0.2, 0.25) is 0 Å². The Morgan fingerprint density at radius 2 is 1.00 bits per heavy atom. The third kappa shape index (κ3) is 4.18. The topological polar surface area (TPSA) is 0 Å². The molecule has 6 atom stereocenters. The summed E-state index contributed by atoms with van der Waals surface area (Å²) in [5, 5.41) is 1.59. The van der Waals surface area contributed by atoms with Gasteiger partial charge in [0.05, 0.1) is 8.80 Å². The van der Waals surface area contributed by atoms with Crippen molar-refractivity contribution in [2.75, 3.05) is 0 Å². The molecule has 0 N–H and O–H groups in total. The highest BCUT2D eigenvalue weighted by atomic mass is 31.0. The molecule has 0 aromatic heterocycles. The summed E-state index contributed by atoms with van der Waals surface area (Å²) in [6.07, 6.45) is 6.05. The smallest absolute Gasteiger partial charge is 0.0718 e. The molecule has 4 heteroatoms. The van der Waals surface area contributed by atoms with Gasteiger partial charge in [0.1, 0.15) is 0 Å². The van der Waals surface area contributed by atoms with Gasteiger partial charge in [0.25, 0.3) is 0 Å². The molecule has 0 fully saturated rings. The maximum absolute atomic E-state index is 3.84. The van der Waals surface area contributed by atoms with Gasteiger partial charge in [-0.25, -0.2) is 0 Å². The van der Waals surface area contributed by atoms with Crippen molar-refractivity contribution in [1.29, 1.82) is 0 Å². The molecule has 0 radical (unpaired) electrons. The molecule has 0 aliphatic rings. The molecule has 74 valence electrons. The van der Waals surface area contributed by atoms with Crippen molar-refractivity contribution in [2.45, 2.75) is 15.8 Å². The van der Waals surface area contributed by atoms with Crippen molar-refractivity contribution in [2.24, 2.45) is 0 Å².